The van der Waals surface area contributed by atoms with E-state index in [-0.39, 0.29) is 30.7 Å². The molecule has 0 aliphatic heterocycles. The molecule has 2 amide bonds. The lowest BCUT2D eigenvalue weighted by atomic mass is 10.0. The molecule has 0 spiro atoms. The van der Waals surface area contributed by atoms with Crippen LogP contribution in [0.5, 0.6) is 0 Å². The Labute approximate surface area is 142 Å². The minimum atomic E-state index is -0.642. The van der Waals surface area contributed by atoms with Gasteiger partial charge in [-0.1, -0.05) is 19.9 Å². The number of carbonyl (C=O) groups is 1. The van der Waals surface area contributed by atoms with Gasteiger partial charge in [0.1, 0.15) is 11.6 Å². The minimum Gasteiger partial charge on any atom is -0.396 e. The maximum Gasteiger partial charge on any atom is 0.315 e. The van der Waals surface area contributed by atoms with Gasteiger partial charge in [-0.05, 0) is 38.6 Å². The highest BCUT2D eigenvalue weighted by atomic mass is 19.1. The quantitative estimate of drug-likeness (QED) is 0.678. The first kappa shape index (κ1) is 20.3. The van der Waals surface area contributed by atoms with Crippen molar-refractivity contribution < 1.29 is 18.7 Å². The van der Waals surface area contributed by atoms with Crippen LogP contribution in [-0.4, -0.2) is 49.3 Å². The zero-order valence-corrected chi connectivity index (χ0v) is 14.6. The molecule has 24 heavy (non-hydrogen) atoms. The summed E-state index contributed by atoms with van der Waals surface area (Å²) in [6, 6.07) is 2.48. The molecule has 5 nitrogen and oxygen atoms in total. The first-order chi connectivity index (χ1) is 11.3. The number of urea groups is 1. The second-order valence-electron chi connectivity index (χ2n) is 6.33. The Balaban J connectivity index is 2.75. The van der Waals surface area contributed by atoms with E-state index in [0.717, 1.165) is 0 Å². The molecule has 3 N–H and O–H groups in total. The number of halogens is 2. The van der Waals surface area contributed by atoms with Gasteiger partial charge >= 0.3 is 6.03 Å². The number of rotatable bonds is 8. The first-order valence-corrected chi connectivity index (χ1v) is 8.03. The van der Waals surface area contributed by atoms with Gasteiger partial charge < -0.3 is 20.6 Å². The van der Waals surface area contributed by atoms with Gasteiger partial charge in [0.05, 0.1) is 6.04 Å². The number of nitrogens with zero attached hydrogens (tertiary/aromatic N) is 1. The standard InChI is InChI=1S/C17H27F2N3O2/c1-11(2)14(8-9-23)21-17(24)20-10-15(22(3)4)16-12(18)6-5-7-13(16)19/h5-7,11,14-15,23H,8-10H2,1-4H3,(H2,20,21,24). The Kier molecular flexibility index (Phi) is 8.07. The second-order valence-corrected chi connectivity index (χ2v) is 6.33. The first-order valence-electron chi connectivity index (χ1n) is 8.03. The second kappa shape index (κ2) is 9.54. The van der Waals surface area contributed by atoms with E-state index in [1.54, 1.807) is 19.0 Å². The Morgan fingerprint density at radius 3 is 2.29 bits per heavy atom. The molecule has 1 rings (SSSR count). The summed E-state index contributed by atoms with van der Waals surface area (Å²) in [4.78, 5) is 13.7. The van der Waals surface area contributed by atoms with Crippen LogP contribution in [0, 0.1) is 17.6 Å². The van der Waals surface area contributed by atoms with Gasteiger partial charge in [-0.15, -0.1) is 0 Å². The van der Waals surface area contributed by atoms with Crippen LogP contribution in [-0.2, 0) is 0 Å². The van der Waals surface area contributed by atoms with E-state index < -0.39 is 23.7 Å². The zero-order valence-electron chi connectivity index (χ0n) is 14.6. The lowest BCUT2D eigenvalue weighted by Gasteiger charge is -2.27. The van der Waals surface area contributed by atoms with Gasteiger partial charge in [0.15, 0.2) is 0 Å². The maximum absolute atomic E-state index is 14.0. The molecule has 2 unspecified atom stereocenters. The predicted octanol–water partition coefficient (Wildman–Crippen LogP) is 2.27. The highest BCUT2D eigenvalue weighted by Gasteiger charge is 2.23. The third-order valence-corrected chi connectivity index (χ3v) is 3.97. The van der Waals surface area contributed by atoms with Crippen LogP contribution in [0.3, 0.4) is 0 Å². The van der Waals surface area contributed by atoms with Crippen molar-refractivity contribution >= 4 is 6.03 Å². The van der Waals surface area contributed by atoms with Crippen molar-refractivity contribution in [3.05, 3.63) is 35.4 Å². The van der Waals surface area contributed by atoms with E-state index in [1.807, 2.05) is 13.8 Å². The van der Waals surface area contributed by atoms with E-state index in [9.17, 15) is 13.6 Å². The van der Waals surface area contributed by atoms with Crippen molar-refractivity contribution in [2.45, 2.75) is 32.4 Å². The summed E-state index contributed by atoms with van der Waals surface area (Å²) in [6.07, 6.45) is 0.449. The molecule has 0 heterocycles. The third-order valence-electron chi connectivity index (χ3n) is 3.97. The molecule has 136 valence electrons. The van der Waals surface area contributed by atoms with Crippen LogP contribution in [0.4, 0.5) is 13.6 Å². The van der Waals surface area contributed by atoms with E-state index in [0.29, 0.717) is 6.42 Å². The number of nitrogens with one attached hydrogen (secondary N) is 2. The molecule has 0 radical (unpaired) electrons. The van der Waals surface area contributed by atoms with Gasteiger partial charge in [-0.25, -0.2) is 13.6 Å². The molecule has 1 aromatic carbocycles. The fourth-order valence-corrected chi connectivity index (χ4v) is 2.49. The molecule has 0 saturated heterocycles. The third kappa shape index (κ3) is 5.72. The normalized spacial score (nSPS) is 13.9. The van der Waals surface area contributed by atoms with Crippen molar-refractivity contribution in [3.63, 3.8) is 0 Å². The van der Waals surface area contributed by atoms with Crippen molar-refractivity contribution in [1.29, 1.82) is 0 Å². The number of carbonyl (C=O) groups excluding carboxylic acids is 1. The number of hydrogen-bond donors (Lipinski definition) is 3. The van der Waals surface area contributed by atoms with E-state index >= 15 is 0 Å². The number of hydrogen-bond acceptors (Lipinski definition) is 3. The number of aliphatic hydroxyl groups is 1. The van der Waals surface area contributed by atoms with E-state index in [4.69, 9.17) is 5.11 Å². The molecular weight excluding hydrogens is 316 g/mol. The van der Waals surface area contributed by atoms with Crippen LogP contribution in [0.1, 0.15) is 31.9 Å². The Morgan fingerprint density at radius 1 is 1.25 bits per heavy atom. The number of likely N-dealkylation sites (N-methyl/N-ethyl adjacent to an activating group) is 1. The van der Waals surface area contributed by atoms with Crippen LogP contribution in [0.2, 0.25) is 0 Å². The molecule has 0 fully saturated rings. The average molecular weight is 343 g/mol. The predicted molar refractivity (Wildman–Crippen MR) is 89.6 cm³/mol. The Hall–Kier alpha value is -1.73. The lowest BCUT2D eigenvalue weighted by Crippen LogP contribution is -2.47. The van der Waals surface area contributed by atoms with Crippen LogP contribution in [0.15, 0.2) is 18.2 Å². The average Bonchev–Trinajstić information content (AvgIpc) is 2.49. The van der Waals surface area contributed by atoms with Crippen molar-refractivity contribution in [3.8, 4) is 0 Å². The summed E-state index contributed by atoms with van der Waals surface area (Å²) in [5.74, 6) is -1.12. The van der Waals surface area contributed by atoms with Gasteiger partial charge in [0.2, 0.25) is 0 Å². The van der Waals surface area contributed by atoms with Gasteiger partial charge in [0, 0.05) is 24.8 Å². The summed E-state index contributed by atoms with van der Waals surface area (Å²) in [5, 5.41) is 14.5. The number of amides is 2. The largest absolute Gasteiger partial charge is 0.396 e. The topological polar surface area (TPSA) is 64.6 Å². The molecule has 0 aromatic heterocycles. The van der Waals surface area contributed by atoms with Crippen LogP contribution >= 0.6 is 0 Å². The molecule has 0 aliphatic rings. The monoisotopic (exact) mass is 343 g/mol. The smallest absolute Gasteiger partial charge is 0.315 e. The minimum absolute atomic E-state index is 0.0239. The van der Waals surface area contributed by atoms with Crippen molar-refractivity contribution in [1.82, 2.24) is 15.5 Å². The fourth-order valence-electron chi connectivity index (χ4n) is 2.49. The fraction of sp³-hybridized carbons (Fsp3) is 0.588. The molecule has 0 aliphatic carbocycles. The number of benzene rings is 1. The molecule has 7 heteroatoms. The molecule has 1 aromatic rings. The highest BCUT2D eigenvalue weighted by Crippen LogP contribution is 2.23. The maximum atomic E-state index is 14.0. The summed E-state index contributed by atoms with van der Waals surface area (Å²) in [6.45, 7) is 3.92. The van der Waals surface area contributed by atoms with E-state index in [1.165, 1.54) is 18.2 Å². The summed E-state index contributed by atoms with van der Waals surface area (Å²) < 4.78 is 28.0. The van der Waals surface area contributed by atoms with Crippen molar-refractivity contribution in [2.75, 3.05) is 27.2 Å². The van der Waals surface area contributed by atoms with Gasteiger partial charge in [0.25, 0.3) is 0 Å². The summed E-state index contributed by atoms with van der Waals surface area (Å²) in [7, 11) is 3.39. The molecule has 2 atom stereocenters. The van der Waals surface area contributed by atoms with Gasteiger partial charge in [-0.2, -0.15) is 0 Å². The van der Waals surface area contributed by atoms with Crippen molar-refractivity contribution in [2.24, 2.45) is 5.92 Å². The molecular formula is C17H27F2N3O2. The molecule has 0 saturated carbocycles. The summed E-state index contributed by atoms with van der Waals surface area (Å²) in [5.41, 5.74) is -0.0708. The Morgan fingerprint density at radius 2 is 1.83 bits per heavy atom. The number of aliphatic hydroxyl groups excluding tert-OH is 1. The zero-order chi connectivity index (χ0) is 18.3. The lowest BCUT2D eigenvalue weighted by molar-refractivity contribution is 0.213. The molecule has 0 bridgehead atoms. The summed E-state index contributed by atoms with van der Waals surface area (Å²) >= 11 is 0. The Bertz CT molecular complexity index is 518. The van der Waals surface area contributed by atoms with Crippen LogP contribution < -0.4 is 10.6 Å². The van der Waals surface area contributed by atoms with E-state index in [2.05, 4.69) is 10.6 Å². The SMILES string of the molecule is CC(C)C(CCO)NC(=O)NCC(c1c(F)cccc1F)N(C)C. The highest BCUT2D eigenvalue weighted by molar-refractivity contribution is 5.74. The van der Waals surface area contributed by atoms with Crippen LogP contribution in [0.25, 0.3) is 0 Å². The van der Waals surface area contributed by atoms with Gasteiger partial charge in [-0.3, -0.25) is 0 Å².